The monoisotopic (exact) mass is 255 g/mol. The molecule has 2 unspecified atom stereocenters. The van der Waals surface area contributed by atoms with Crippen LogP contribution in [-0.4, -0.2) is 23.5 Å². The van der Waals surface area contributed by atoms with Crippen molar-refractivity contribution in [3.05, 3.63) is 24.5 Å². The van der Waals surface area contributed by atoms with Crippen LogP contribution < -0.4 is 10.6 Å². The molecule has 1 aromatic heterocycles. The standard InChI is InChI=1S/C12H17N3O.ClH/c1-9-2-7-14-11(8-9)12(16)15-10-3-5-13-6-4-10;/h3-6,9,11,14H,2,7-8H2,1H3,(H,13,15,16);1H. The quantitative estimate of drug-likeness (QED) is 0.848. The summed E-state index contributed by atoms with van der Waals surface area (Å²) in [4.78, 5) is 15.8. The number of rotatable bonds is 2. The normalized spacial score (nSPS) is 23.6. The van der Waals surface area contributed by atoms with E-state index in [9.17, 15) is 4.79 Å². The van der Waals surface area contributed by atoms with Crippen LogP contribution in [0.15, 0.2) is 24.5 Å². The van der Waals surface area contributed by atoms with Crippen molar-refractivity contribution in [2.24, 2.45) is 5.92 Å². The molecule has 1 saturated heterocycles. The molecule has 2 heterocycles. The predicted octanol–water partition coefficient (Wildman–Crippen LogP) is 1.83. The number of halogens is 1. The molecule has 0 spiro atoms. The van der Waals surface area contributed by atoms with Crippen molar-refractivity contribution >= 4 is 24.0 Å². The van der Waals surface area contributed by atoms with Gasteiger partial charge in [0.15, 0.2) is 0 Å². The maximum Gasteiger partial charge on any atom is 0.241 e. The first-order valence-electron chi connectivity index (χ1n) is 5.70. The van der Waals surface area contributed by atoms with Gasteiger partial charge in [-0.3, -0.25) is 9.78 Å². The number of aromatic nitrogens is 1. The maximum absolute atomic E-state index is 11.9. The van der Waals surface area contributed by atoms with E-state index >= 15 is 0 Å². The fourth-order valence-corrected chi connectivity index (χ4v) is 1.97. The Morgan fingerprint density at radius 1 is 1.47 bits per heavy atom. The summed E-state index contributed by atoms with van der Waals surface area (Å²) in [6.07, 6.45) is 5.41. The van der Waals surface area contributed by atoms with E-state index in [0.717, 1.165) is 25.1 Å². The second-order valence-electron chi connectivity index (χ2n) is 4.36. The predicted molar refractivity (Wildman–Crippen MR) is 70.3 cm³/mol. The zero-order valence-corrected chi connectivity index (χ0v) is 10.7. The molecular weight excluding hydrogens is 238 g/mol. The van der Waals surface area contributed by atoms with Crippen molar-refractivity contribution in [3.63, 3.8) is 0 Å². The Morgan fingerprint density at radius 2 is 2.18 bits per heavy atom. The van der Waals surface area contributed by atoms with E-state index in [2.05, 4.69) is 22.5 Å². The maximum atomic E-state index is 11.9. The van der Waals surface area contributed by atoms with Crippen LogP contribution in [0, 0.1) is 5.92 Å². The van der Waals surface area contributed by atoms with Gasteiger partial charge in [0.1, 0.15) is 0 Å². The highest BCUT2D eigenvalue weighted by Crippen LogP contribution is 2.16. The summed E-state index contributed by atoms with van der Waals surface area (Å²) < 4.78 is 0. The second kappa shape index (κ2) is 6.57. The summed E-state index contributed by atoms with van der Waals surface area (Å²) in [7, 11) is 0. The van der Waals surface area contributed by atoms with E-state index in [1.165, 1.54) is 0 Å². The molecule has 17 heavy (non-hydrogen) atoms. The number of amides is 1. The number of carbonyl (C=O) groups is 1. The van der Waals surface area contributed by atoms with Crippen LogP contribution in [-0.2, 0) is 4.79 Å². The first-order chi connectivity index (χ1) is 7.75. The van der Waals surface area contributed by atoms with E-state index in [4.69, 9.17) is 0 Å². The van der Waals surface area contributed by atoms with Crippen LogP contribution in [0.25, 0.3) is 0 Å². The van der Waals surface area contributed by atoms with Gasteiger partial charge in [-0.1, -0.05) is 6.92 Å². The van der Waals surface area contributed by atoms with Gasteiger partial charge in [0, 0.05) is 18.1 Å². The molecule has 1 aliphatic rings. The summed E-state index contributed by atoms with van der Waals surface area (Å²) in [5.41, 5.74) is 0.806. The van der Waals surface area contributed by atoms with Gasteiger partial charge in [0.25, 0.3) is 0 Å². The van der Waals surface area contributed by atoms with Gasteiger partial charge in [-0.2, -0.15) is 0 Å². The Bertz CT molecular complexity index is 358. The topological polar surface area (TPSA) is 54.0 Å². The molecule has 1 aromatic rings. The number of hydrogen-bond donors (Lipinski definition) is 2. The Kier molecular flexibility index (Phi) is 5.38. The van der Waals surface area contributed by atoms with E-state index in [1.807, 2.05) is 0 Å². The number of carbonyl (C=O) groups excluding carboxylic acids is 1. The number of anilines is 1. The van der Waals surface area contributed by atoms with Gasteiger partial charge in [0.05, 0.1) is 6.04 Å². The number of hydrogen-bond acceptors (Lipinski definition) is 3. The summed E-state index contributed by atoms with van der Waals surface area (Å²) >= 11 is 0. The number of nitrogens with zero attached hydrogens (tertiary/aromatic N) is 1. The molecule has 2 atom stereocenters. The lowest BCUT2D eigenvalue weighted by atomic mass is 9.94. The number of piperidine rings is 1. The summed E-state index contributed by atoms with van der Waals surface area (Å²) in [6.45, 7) is 3.11. The van der Waals surface area contributed by atoms with Crippen molar-refractivity contribution in [3.8, 4) is 0 Å². The fourth-order valence-electron chi connectivity index (χ4n) is 1.97. The average molecular weight is 256 g/mol. The molecule has 0 bridgehead atoms. The third kappa shape index (κ3) is 3.98. The van der Waals surface area contributed by atoms with Crippen molar-refractivity contribution < 1.29 is 4.79 Å². The van der Waals surface area contributed by atoms with E-state index in [0.29, 0.717) is 5.92 Å². The molecule has 2 N–H and O–H groups in total. The Morgan fingerprint density at radius 3 is 2.82 bits per heavy atom. The molecule has 94 valence electrons. The molecule has 0 aliphatic carbocycles. The van der Waals surface area contributed by atoms with E-state index < -0.39 is 0 Å². The highest BCUT2D eigenvalue weighted by Gasteiger charge is 2.24. The van der Waals surface area contributed by atoms with Crippen molar-refractivity contribution in [2.75, 3.05) is 11.9 Å². The van der Waals surface area contributed by atoms with Crippen LogP contribution in [0.2, 0.25) is 0 Å². The lowest BCUT2D eigenvalue weighted by molar-refractivity contribution is -0.119. The van der Waals surface area contributed by atoms with Gasteiger partial charge in [0.2, 0.25) is 5.91 Å². The fraction of sp³-hybridized carbons (Fsp3) is 0.500. The minimum Gasteiger partial charge on any atom is -0.325 e. The molecular formula is C12H18ClN3O. The van der Waals surface area contributed by atoms with Crippen molar-refractivity contribution in [1.82, 2.24) is 10.3 Å². The summed E-state index contributed by atoms with van der Waals surface area (Å²) in [5, 5.41) is 6.13. The van der Waals surface area contributed by atoms with Crippen LogP contribution in [0.4, 0.5) is 5.69 Å². The third-order valence-electron chi connectivity index (χ3n) is 2.93. The lowest BCUT2D eigenvalue weighted by Crippen LogP contribution is -2.45. The smallest absolute Gasteiger partial charge is 0.241 e. The number of nitrogens with one attached hydrogen (secondary N) is 2. The van der Waals surface area contributed by atoms with Crippen LogP contribution in [0.3, 0.4) is 0 Å². The van der Waals surface area contributed by atoms with Crippen molar-refractivity contribution in [1.29, 1.82) is 0 Å². The van der Waals surface area contributed by atoms with Gasteiger partial charge >= 0.3 is 0 Å². The van der Waals surface area contributed by atoms with Crippen molar-refractivity contribution in [2.45, 2.75) is 25.8 Å². The van der Waals surface area contributed by atoms with E-state index in [-0.39, 0.29) is 24.4 Å². The minimum atomic E-state index is -0.0584. The van der Waals surface area contributed by atoms with Crippen LogP contribution in [0.1, 0.15) is 19.8 Å². The van der Waals surface area contributed by atoms with E-state index in [1.54, 1.807) is 24.5 Å². The molecule has 2 rings (SSSR count). The Labute approximate surface area is 108 Å². The zero-order valence-electron chi connectivity index (χ0n) is 9.85. The first kappa shape index (κ1) is 13.9. The highest BCUT2D eigenvalue weighted by molar-refractivity contribution is 5.94. The molecule has 0 aromatic carbocycles. The number of pyridine rings is 1. The van der Waals surface area contributed by atoms with Gasteiger partial charge in [-0.25, -0.2) is 0 Å². The van der Waals surface area contributed by atoms with Gasteiger partial charge in [-0.15, -0.1) is 12.4 Å². The summed E-state index contributed by atoms with van der Waals surface area (Å²) in [5.74, 6) is 0.673. The minimum absolute atomic E-state index is 0. The molecule has 1 aliphatic heterocycles. The molecule has 0 saturated carbocycles. The third-order valence-corrected chi connectivity index (χ3v) is 2.93. The first-order valence-corrected chi connectivity index (χ1v) is 5.70. The molecule has 0 radical (unpaired) electrons. The van der Waals surface area contributed by atoms with Gasteiger partial charge in [-0.05, 0) is 37.4 Å². The Hall–Kier alpha value is -1.13. The van der Waals surface area contributed by atoms with Gasteiger partial charge < -0.3 is 10.6 Å². The second-order valence-corrected chi connectivity index (χ2v) is 4.36. The molecule has 1 amide bonds. The van der Waals surface area contributed by atoms with Crippen LogP contribution >= 0.6 is 12.4 Å². The van der Waals surface area contributed by atoms with Crippen LogP contribution in [0.5, 0.6) is 0 Å². The average Bonchev–Trinajstić information content (AvgIpc) is 2.30. The Balaban J connectivity index is 0.00000144. The summed E-state index contributed by atoms with van der Waals surface area (Å²) in [6, 6.07) is 3.53. The SMILES string of the molecule is CC1CCNC(C(=O)Nc2ccncc2)C1.Cl. The largest absolute Gasteiger partial charge is 0.325 e. The highest BCUT2D eigenvalue weighted by atomic mass is 35.5. The molecule has 4 nitrogen and oxygen atoms in total. The lowest BCUT2D eigenvalue weighted by Gasteiger charge is -2.27. The molecule has 1 fully saturated rings. The molecule has 5 heteroatoms. The zero-order chi connectivity index (χ0) is 11.4.